The van der Waals surface area contributed by atoms with Gasteiger partial charge in [-0.2, -0.15) is 0 Å². The number of nitrogens with zero attached hydrogens (tertiary/aromatic N) is 1. The molecule has 1 aliphatic heterocycles. The average molecular weight is 435 g/mol. The van der Waals surface area contributed by atoms with Crippen LogP contribution in [0.3, 0.4) is 0 Å². The Labute approximate surface area is 192 Å². The molecule has 0 bridgehead atoms. The van der Waals surface area contributed by atoms with Crippen molar-refractivity contribution >= 4 is 11.8 Å². The molecule has 1 spiro atoms. The average Bonchev–Trinajstić information content (AvgIpc) is 3.31. The molecule has 3 fully saturated rings. The summed E-state index contributed by atoms with van der Waals surface area (Å²) in [6.45, 7) is 2.41. The number of hydrogen-bond donors (Lipinski definition) is 1. The molecule has 172 valence electrons. The Morgan fingerprint density at radius 3 is 2.41 bits per heavy atom. The maximum Gasteiger partial charge on any atom is 0.226 e. The molecule has 1 aromatic rings. The number of rotatable bonds is 6. The van der Waals surface area contributed by atoms with E-state index in [1.807, 2.05) is 0 Å². The van der Waals surface area contributed by atoms with E-state index >= 15 is 0 Å². The molecular formula is C28H38N2O2. The van der Waals surface area contributed by atoms with Crippen LogP contribution in [0.5, 0.6) is 0 Å². The normalized spacial score (nSPS) is 25.9. The fourth-order valence-corrected chi connectivity index (χ4v) is 6.63. The third-order valence-corrected chi connectivity index (χ3v) is 8.93. The fraction of sp³-hybridized carbons (Fsp3) is 0.643. The van der Waals surface area contributed by atoms with Gasteiger partial charge in [0.05, 0.1) is 0 Å². The van der Waals surface area contributed by atoms with Gasteiger partial charge in [0.1, 0.15) is 0 Å². The van der Waals surface area contributed by atoms with Crippen LogP contribution in [0, 0.1) is 11.3 Å². The maximum atomic E-state index is 13.1. The van der Waals surface area contributed by atoms with Gasteiger partial charge in [0, 0.05) is 37.4 Å². The zero-order chi connectivity index (χ0) is 22.0. The summed E-state index contributed by atoms with van der Waals surface area (Å²) in [5.74, 6) is 0.690. The summed E-state index contributed by atoms with van der Waals surface area (Å²) in [5, 5.41) is 3.36. The molecule has 1 heterocycles. The van der Waals surface area contributed by atoms with Gasteiger partial charge in [-0.05, 0) is 68.8 Å². The van der Waals surface area contributed by atoms with Crippen LogP contribution in [-0.4, -0.2) is 36.3 Å². The monoisotopic (exact) mass is 434 g/mol. The van der Waals surface area contributed by atoms with Gasteiger partial charge in [0.2, 0.25) is 11.8 Å². The highest BCUT2D eigenvalue weighted by atomic mass is 16.2. The van der Waals surface area contributed by atoms with Crippen LogP contribution < -0.4 is 5.32 Å². The third kappa shape index (κ3) is 4.38. The Hall–Kier alpha value is -2.10. The number of hydrogen-bond acceptors (Lipinski definition) is 2. The highest BCUT2D eigenvalue weighted by Crippen LogP contribution is 2.59. The quantitative estimate of drug-likeness (QED) is 0.631. The van der Waals surface area contributed by atoms with Crippen molar-refractivity contribution in [2.45, 2.75) is 82.5 Å². The molecule has 0 radical (unpaired) electrons. The van der Waals surface area contributed by atoms with E-state index in [0.29, 0.717) is 12.3 Å². The second-order valence-corrected chi connectivity index (χ2v) is 10.9. The molecule has 3 aliphatic carbocycles. The zero-order valence-electron chi connectivity index (χ0n) is 19.4. The van der Waals surface area contributed by atoms with Crippen molar-refractivity contribution in [1.29, 1.82) is 0 Å². The molecule has 2 amide bonds. The molecule has 32 heavy (non-hydrogen) atoms. The van der Waals surface area contributed by atoms with Crippen LogP contribution in [0.1, 0.15) is 82.6 Å². The van der Waals surface area contributed by atoms with Gasteiger partial charge < -0.3 is 10.2 Å². The largest absolute Gasteiger partial charge is 0.355 e. The molecule has 2 saturated carbocycles. The van der Waals surface area contributed by atoms with E-state index in [2.05, 4.69) is 46.6 Å². The standard InChI is InChI=1S/C28H38N2O2/c31-25(19-22-9-3-1-4-10-22)30-17-15-27(16-18-30)20-24(27)26(32)29-21-28(13-7-8-14-28)23-11-5-2-6-12-23/h2,5-6,9,11-12,24H,1,3-4,7-8,10,13-21H2,(H,29,32)/t24-/m1/s1. The van der Waals surface area contributed by atoms with Crippen molar-refractivity contribution in [1.82, 2.24) is 10.2 Å². The molecule has 1 saturated heterocycles. The van der Waals surface area contributed by atoms with E-state index in [1.165, 1.54) is 49.7 Å². The Morgan fingerprint density at radius 2 is 1.72 bits per heavy atom. The topological polar surface area (TPSA) is 49.4 Å². The van der Waals surface area contributed by atoms with Crippen molar-refractivity contribution in [3.8, 4) is 0 Å². The minimum Gasteiger partial charge on any atom is -0.355 e. The van der Waals surface area contributed by atoms with Crippen LogP contribution in [0.15, 0.2) is 42.0 Å². The Kier molecular flexibility index (Phi) is 6.14. The highest BCUT2D eigenvalue weighted by molar-refractivity contribution is 5.83. The van der Waals surface area contributed by atoms with Gasteiger partial charge >= 0.3 is 0 Å². The van der Waals surface area contributed by atoms with Crippen molar-refractivity contribution in [3.63, 3.8) is 0 Å². The smallest absolute Gasteiger partial charge is 0.226 e. The number of carbonyl (C=O) groups excluding carboxylic acids is 2. The molecule has 0 unspecified atom stereocenters. The second-order valence-electron chi connectivity index (χ2n) is 10.9. The molecule has 1 aromatic carbocycles. The first-order valence-electron chi connectivity index (χ1n) is 12.9. The molecular weight excluding hydrogens is 396 g/mol. The molecule has 5 rings (SSSR count). The lowest BCUT2D eigenvalue weighted by molar-refractivity contribution is -0.132. The maximum absolute atomic E-state index is 13.1. The van der Waals surface area contributed by atoms with Gasteiger partial charge in [-0.25, -0.2) is 0 Å². The van der Waals surface area contributed by atoms with Gasteiger partial charge in [0.25, 0.3) is 0 Å². The number of allylic oxidation sites excluding steroid dienone is 1. The summed E-state index contributed by atoms with van der Waals surface area (Å²) in [4.78, 5) is 27.9. The molecule has 1 atom stereocenters. The Morgan fingerprint density at radius 1 is 0.969 bits per heavy atom. The number of piperidine rings is 1. The van der Waals surface area contributed by atoms with Gasteiger partial charge in [0.15, 0.2) is 0 Å². The van der Waals surface area contributed by atoms with E-state index in [1.54, 1.807) is 0 Å². The van der Waals surface area contributed by atoms with E-state index in [4.69, 9.17) is 0 Å². The van der Waals surface area contributed by atoms with Crippen molar-refractivity contribution in [2.24, 2.45) is 11.3 Å². The van der Waals surface area contributed by atoms with Gasteiger partial charge in [-0.3, -0.25) is 9.59 Å². The third-order valence-electron chi connectivity index (χ3n) is 8.93. The van der Waals surface area contributed by atoms with Crippen LogP contribution in [0.2, 0.25) is 0 Å². The Bertz CT molecular complexity index is 861. The summed E-state index contributed by atoms with van der Waals surface area (Å²) in [6.07, 6.45) is 15.4. The minimum atomic E-state index is 0.114. The first-order valence-corrected chi connectivity index (χ1v) is 12.9. The van der Waals surface area contributed by atoms with Crippen molar-refractivity contribution in [2.75, 3.05) is 19.6 Å². The van der Waals surface area contributed by atoms with Gasteiger partial charge in [-0.1, -0.05) is 54.8 Å². The van der Waals surface area contributed by atoms with Crippen molar-refractivity contribution < 1.29 is 9.59 Å². The number of amides is 2. The van der Waals surface area contributed by atoms with E-state index in [-0.39, 0.29) is 22.7 Å². The molecule has 4 nitrogen and oxygen atoms in total. The van der Waals surface area contributed by atoms with E-state index < -0.39 is 0 Å². The fourth-order valence-electron chi connectivity index (χ4n) is 6.63. The van der Waals surface area contributed by atoms with Crippen LogP contribution in [-0.2, 0) is 15.0 Å². The summed E-state index contributed by atoms with van der Waals surface area (Å²) in [5.41, 5.74) is 2.98. The first kappa shape index (κ1) is 21.7. The lowest BCUT2D eigenvalue weighted by atomic mass is 9.78. The summed E-state index contributed by atoms with van der Waals surface area (Å²) in [7, 11) is 0. The lowest BCUT2D eigenvalue weighted by Gasteiger charge is -2.34. The summed E-state index contributed by atoms with van der Waals surface area (Å²) in [6, 6.07) is 10.8. The predicted molar refractivity (Wildman–Crippen MR) is 127 cm³/mol. The summed E-state index contributed by atoms with van der Waals surface area (Å²) >= 11 is 0. The SMILES string of the molecule is O=C(NCC1(c2ccccc2)CCCC1)[C@H]1CC12CCN(C(=O)CC1=CCCCC1)CC2. The number of nitrogens with one attached hydrogen (secondary N) is 1. The van der Waals surface area contributed by atoms with E-state index in [0.717, 1.165) is 51.7 Å². The number of benzene rings is 1. The zero-order valence-corrected chi connectivity index (χ0v) is 19.4. The van der Waals surface area contributed by atoms with Gasteiger partial charge in [-0.15, -0.1) is 0 Å². The van der Waals surface area contributed by atoms with Crippen molar-refractivity contribution in [3.05, 3.63) is 47.5 Å². The number of carbonyl (C=O) groups is 2. The molecule has 4 aliphatic rings. The lowest BCUT2D eigenvalue weighted by Crippen LogP contribution is -2.42. The van der Waals surface area contributed by atoms with Crippen LogP contribution >= 0.6 is 0 Å². The highest BCUT2D eigenvalue weighted by Gasteiger charge is 2.58. The van der Waals surface area contributed by atoms with E-state index in [9.17, 15) is 9.59 Å². The van der Waals surface area contributed by atoms with Crippen LogP contribution in [0.25, 0.3) is 0 Å². The predicted octanol–water partition coefficient (Wildman–Crippen LogP) is 5.13. The van der Waals surface area contributed by atoms with Crippen LogP contribution in [0.4, 0.5) is 0 Å². The Balaban J connectivity index is 1.12. The summed E-state index contributed by atoms with van der Waals surface area (Å²) < 4.78 is 0. The molecule has 1 N–H and O–H groups in total. The molecule has 0 aromatic heterocycles. The molecule has 4 heteroatoms. The first-order chi connectivity index (χ1) is 15.6. The second kappa shape index (κ2) is 9.03. The minimum absolute atomic E-state index is 0.114. The number of likely N-dealkylation sites (tertiary alicyclic amines) is 1.